The van der Waals surface area contributed by atoms with Crippen LogP contribution >= 0.6 is 12.2 Å². The molecule has 0 spiro atoms. The summed E-state index contributed by atoms with van der Waals surface area (Å²) in [5, 5.41) is 7.04. The van der Waals surface area contributed by atoms with Crippen LogP contribution in [0, 0.1) is 5.92 Å². The van der Waals surface area contributed by atoms with Crippen molar-refractivity contribution in [3.05, 3.63) is 24.3 Å². The Hall–Kier alpha value is -1.82. The zero-order chi connectivity index (χ0) is 18.1. The van der Waals surface area contributed by atoms with Crippen LogP contribution in [0.25, 0.3) is 0 Å². The van der Waals surface area contributed by atoms with Crippen LogP contribution in [-0.4, -0.2) is 42.7 Å². The number of amides is 1. The molecule has 5 nitrogen and oxygen atoms in total. The number of hydrogen-bond donors (Lipinski definition) is 2. The summed E-state index contributed by atoms with van der Waals surface area (Å²) in [5.41, 5.74) is 0.946. The highest BCUT2D eigenvalue weighted by atomic mass is 32.1. The molecule has 0 aliphatic carbocycles. The zero-order valence-corrected chi connectivity index (χ0v) is 16.0. The highest BCUT2D eigenvalue weighted by Crippen LogP contribution is 2.20. The van der Waals surface area contributed by atoms with Crippen LogP contribution in [0.15, 0.2) is 24.3 Å². The summed E-state index contributed by atoms with van der Waals surface area (Å²) in [6.45, 7) is 4.59. The lowest BCUT2D eigenvalue weighted by molar-refractivity contribution is -0.126. The van der Waals surface area contributed by atoms with Gasteiger partial charge in [0.05, 0.1) is 7.11 Å². The second-order valence-electron chi connectivity index (χ2n) is 6.42. The van der Waals surface area contributed by atoms with E-state index < -0.39 is 0 Å². The van der Waals surface area contributed by atoms with Gasteiger partial charge in [-0.25, -0.2) is 0 Å². The molecular formula is C19H29N3O2S. The summed E-state index contributed by atoms with van der Waals surface area (Å²) >= 11 is 5.50. The Balaban J connectivity index is 1.73. The Morgan fingerprint density at radius 3 is 2.52 bits per heavy atom. The van der Waals surface area contributed by atoms with Crippen molar-refractivity contribution >= 4 is 28.9 Å². The number of piperidine rings is 1. The molecule has 138 valence electrons. The minimum absolute atomic E-state index is 0.113. The minimum Gasteiger partial charge on any atom is -0.497 e. The van der Waals surface area contributed by atoms with Crippen molar-refractivity contribution in [1.82, 2.24) is 10.2 Å². The van der Waals surface area contributed by atoms with Crippen molar-refractivity contribution in [3.8, 4) is 5.75 Å². The van der Waals surface area contributed by atoms with E-state index in [1.54, 1.807) is 7.11 Å². The van der Waals surface area contributed by atoms with Gasteiger partial charge in [0, 0.05) is 31.2 Å². The third kappa shape index (κ3) is 6.20. The predicted molar refractivity (Wildman–Crippen MR) is 106 cm³/mol. The molecule has 6 heteroatoms. The van der Waals surface area contributed by atoms with Gasteiger partial charge in [0.1, 0.15) is 5.75 Å². The van der Waals surface area contributed by atoms with Crippen molar-refractivity contribution in [1.29, 1.82) is 0 Å². The molecule has 0 unspecified atom stereocenters. The largest absolute Gasteiger partial charge is 0.497 e. The van der Waals surface area contributed by atoms with Crippen LogP contribution < -0.4 is 15.4 Å². The van der Waals surface area contributed by atoms with E-state index in [0.29, 0.717) is 5.11 Å². The number of anilines is 1. The second-order valence-corrected chi connectivity index (χ2v) is 6.80. The number of unbranched alkanes of at least 4 members (excludes halogenated alkanes) is 2. The lowest BCUT2D eigenvalue weighted by atomic mass is 9.96. The number of nitrogens with one attached hydrogen (secondary N) is 2. The first-order valence-corrected chi connectivity index (χ1v) is 9.52. The van der Waals surface area contributed by atoms with Gasteiger partial charge in [0.15, 0.2) is 5.11 Å². The molecule has 1 saturated heterocycles. The van der Waals surface area contributed by atoms with Crippen molar-refractivity contribution in [2.24, 2.45) is 5.92 Å². The molecule has 1 aliphatic rings. The fourth-order valence-corrected chi connectivity index (χ4v) is 3.25. The molecule has 2 N–H and O–H groups in total. The van der Waals surface area contributed by atoms with E-state index in [0.717, 1.165) is 50.3 Å². The smallest absolute Gasteiger partial charge is 0.223 e. The first-order valence-electron chi connectivity index (χ1n) is 9.11. The van der Waals surface area contributed by atoms with Crippen LogP contribution in [0.5, 0.6) is 5.75 Å². The molecule has 1 heterocycles. The Morgan fingerprint density at radius 2 is 1.92 bits per heavy atom. The maximum Gasteiger partial charge on any atom is 0.223 e. The molecule has 2 rings (SSSR count). The zero-order valence-electron chi connectivity index (χ0n) is 15.2. The van der Waals surface area contributed by atoms with Crippen LogP contribution in [0.1, 0.15) is 39.0 Å². The molecule has 0 bridgehead atoms. The Labute approximate surface area is 156 Å². The second kappa shape index (κ2) is 10.2. The summed E-state index contributed by atoms with van der Waals surface area (Å²) in [6, 6.07) is 7.70. The molecule has 0 saturated carbocycles. The van der Waals surface area contributed by atoms with E-state index in [1.807, 2.05) is 24.3 Å². The van der Waals surface area contributed by atoms with E-state index in [1.165, 1.54) is 12.8 Å². The molecule has 0 atom stereocenters. The molecule has 0 radical (unpaired) electrons. The average molecular weight is 364 g/mol. The normalized spacial score (nSPS) is 14.9. The van der Waals surface area contributed by atoms with Gasteiger partial charge in [-0.2, -0.15) is 0 Å². The number of hydrogen-bond acceptors (Lipinski definition) is 3. The third-order valence-corrected chi connectivity index (χ3v) is 4.93. The van der Waals surface area contributed by atoms with Crippen LogP contribution in [-0.2, 0) is 4.79 Å². The first-order chi connectivity index (χ1) is 12.1. The molecule has 1 aromatic rings. The number of benzene rings is 1. The van der Waals surface area contributed by atoms with Crippen LogP contribution in [0.2, 0.25) is 0 Å². The molecule has 1 aliphatic heterocycles. The number of rotatable bonds is 7. The summed E-state index contributed by atoms with van der Waals surface area (Å²) in [7, 11) is 1.65. The van der Waals surface area contributed by atoms with Crippen LogP contribution in [0.4, 0.5) is 5.69 Å². The van der Waals surface area contributed by atoms with E-state index >= 15 is 0 Å². The maximum atomic E-state index is 12.2. The van der Waals surface area contributed by atoms with Gasteiger partial charge in [-0.05, 0) is 55.7 Å². The van der Waals surface area contributed by atoms with Crippen molar-refractivity contribution < 1.29 is 9.53 Å². The number of ether oxygens (including phenoxy) is 1. The molecule has 1 aromatic carbocycles. The van der Waals surface area contributed by atoms with Crippen LogP contribution in [0.3, 0.4) is 0 Å². The maximum absolute atomic E-state index is 12.2. The highest BCUT2D eigenvalue weighted by molar-refractivity contribution is 7.80. The Kier molecular flexibility index (Phi) is 7.98. The van der Waals surface area contributed by atoms with E-state index in [-0.39, 0.29) is 11.8 Å². The number of nitrogens with zero attached hydrogens (tertiary/aromatic N) is 1. The quantitative estimate of drug-likeness (QED) is 0.574. The number of methoxy groups -OCH3 is 1. The SMILES string of the molecule is CCCCCNC(=O)C1CCN(C(=S)Nc2ccc(OC)cc2)CC1. The van der Waals surface area contributed by atoms with Gasteiger partial charge in [0.2, 0.25) is 5.91 Å². The molecule has 1 amide bonds. The monoisotopic (exact) mass is 363 g/mol. The Morgan fingerprint density at radius 1 is 1.24 bits per heavy atom. The number of carbonyl (C=O) groups excluding carboxylic acids is 1. The standard InChI is InChI=1S/C19H29N3O2S/c1-3-4-5-12-20-18(23)15-10-13-22(14-11-15)19(25)21-16-6-8-17(24-2)9-7-16/h6-9,15H,3-5,10-14H2,1-2H3,(H,20,23)(H,21,25). The van der Waals surface area contributed by atoms with Gasteiger partial charge in [0.25, 0.3) is 0 Å². The van der Waals surface area contributed by atoms with Gasteiger partial charge >= 0.3 is 0 Å². The predicted octanol–water partition coefficient (Wildman–Crippen LogP) is 3.41. The third-order valence-electron chi connectivity index (χ3n) is 4.57. The lowest BCUT2D eigenvalue weighted by Crippen LogP contribution is -2.44. The molecule has 0 aromatic heterocycles. The molecular weight excluding hydrogens is 334 g/mol. The van der Waals surface area contributed by atoms with Crippen molar-refractivity contribution in [2.75, 3.05) is 32.1 Å². The fourth-order valence-electron chi connectivity index (χ4n) is 2.95. The molecule has 25 heavy (non-hydrogen) atoms. The minimum atomic E-state index is 0.113. The van der Waals surface area contributed by atoms with Crippen molar-refractivity contribution in [2.45, 2.75) is 39.0 Å². The van der Waals surface area contributed by atoms with Gasteiger partial charge < -0.3 is 20.3 Å². The highest BCUT2D eigenvalue weighted by Gasteiger charge is 2.25. The fraction of sp³-hybridized carbons (Fsp3) is 0.579. The number of carbonyl (C=O) groups is 1. The number of likely N-dealkylation sites (tertiary alicyclic amines) is 1. The lowest BCUT2D eigenvalue weighted by Gasteiger charge is -2.33. The van der Waals surface area contributed by atoms with Gasteiger partial charge in [-0.1, -0.05) is 19.8 Å². The summed E-state index contributed by atoms with van der Waals surface area (Å²) in [6.07, 6.45) is 5.11. The topological polar surface area (TPSA) is 53.6 Å². The molecule has 1 fully saturated rings. The van der Waals surface area contributed by atoms with Gasteiger partial charge in [-0.15, -0.1) is 0 Å². The van der Waals surface area contributed by atoms with E-state index in [2.05, 4.69) is 22.5 Å². The van der Waals surface area contributed by atoms with Gasteiger partial charge in [-0.3, -0.25) is 4.79 Å². The summed E-state index contributed by atoms with van der Waals surface area (Å²) in [4.78, 5) is 14.3. The van der Waals surface area contributed by atoms with E-state index in [9.17, 15) is 4.79 Å². The Bertz CT molecular complexity index is 554. The number of thiocarbonyl (C=S) groups is 1. The summed E-state index contributed by atoms with van der Waals surface area (Å²) in [5.74, 6) is 1.13. The summed E-state index contributed by atoms with van der Waals surface area (Å²) < 4.78 is 5.16. The average Bonchev–Trinajstić information content (AvgIpc) is 2.66. The van der Waals surface area contributed by atoms with Crippen molar-refractivity contribution in [3.63, 3.8) is 0 Å². The van der Waals surface area contributed by atoms with E-state index in [4.69, 9.17) is 17.0 Å². The first kappa shape index (κ1) is 19.5.